The normalized spacial score (nSPS) is 11.7. The van der Waals surface area contributed by atoms with Gasteiger partial charge in [-0.1, -0.05) is 30.3 Å². The fourth-order valence-electron chi connectivity index (χ4n) is 1.96. The van der Waals surface area contributed by atoms with Crippen molar-refractivity contribution in [2.24, 2.45) is 0 Å². The minimum Gasteiger partial charge on any atom is -0.292 e. The molecule has 2 nitrogen and oxygen atoms in total. The Morgan fingerprint density at radius 3 is 2.65 bits per heavy atom. The Hall–Kier alpha value is -1.99. The Morgan fingerprint density at radius 2 is 2.00 bits per heavy atom. The molecule has 1 atom stereocenters. The molecule has 0 bridgehead atoms. The zero-order valence-electron chi connectivity index (χ0n) is 10.7. The number of hydrogen-bond acceptors (Lipinski definition) is 2. The van der Waals surface area contributed by atoms with E-state index in [-0.39, 0.29) is 5.78 Å². The lowest BCUT2D eigenvalue weighted by Crippen LogP contribution is -2.12. The van der Waals surface area contributed by atoms with Gasteiger partial charge < -0.3 is 0 Å². The van der Waals surface area contributed by atoms with Gasteiger partial charge in [0.05, 0.1) is 6.07 Å². The minimum absolute atomic E-state index is 0.339. The van der Waals surface area contributed by atoms with Crippen LogP contribution in [0.1, 0.15) is 27.4 Å². The van der Waals surface area contributed by atoms with Crippen molar-refractivity contribution < 1.29 is 9.18 Å². The molecule has 0 aromatic heterocycles. The summed E-state index contributed by atoms with van der Waals surface area (Å²) in [4.78, 5) is 12.5. The second-order valence-corrected chi connectivity index (χ2v) is 5.21. The van der Waals surface area contributed by atoms with Crippen molar-refractivity contribution in [3.63, 3.8) is 0 Å². The molecule has 100 valence electrons. The highest BCUT2D eigenvalue weighted by Crippen LogP contribution is 2.27. The maximum atomic E-state index is 13.2. The predicted octanol–water partition coefficient (Wildman–Crippen LogP) is 4.39. The van der Waals surface area contributed by atoms with Crippen molar-refractivity contribution in [3.8, 4) is 6.07 Å². The molecule has 2 rings (SSSR count). The number of nitriles is 1. The summed E-state index contributed by atoms with van der Waals surface area (Å²) in [5.74, 6) is -1.81. The van der Waals surface area contributed by atoms with E-state index in [9.17, 15) is 14.4 Å². The molecule has 1 unspecified atom stereocenters. The first-order valence-electron chi connectivity index (χ1n) is 5.99. The number of halogens is 2. The molecule has 0 aliphatic rings. The molecule has 0 N–H and O–H groups in total. The third-order valence-corrected chi connectivity index (χ3v) is 4.08. The van der Waals surface area contributed by atoms with E-state index in [1.807, 2.05) is 19.1 Å². The third-order valence-electron chi connectivity index (χ3n) is 3.03. The molecule has 2 aromatic carbocycles. The zero-order valence-corrected chi connectivity index (χ0v) is 12.3. The van der Waals surface area contributed by atoms with Crippen LogP contribution in [0.4, 0.5) is 4.39 Å². The summed E-state index contributed by atoms with van der Waals surface area (Å²) in [5.41, 5.74) is 1.71. The van der Waals surface area contributed by atoms with E-state index in [4.69, 9.17) is 0 Å². The molecule has 2 aromatic rings. The van der Waals surface area contributed by atoms with Gasteiger partial charge in [0, 0.05) is 10.0 Å². The van der Waals surface area contributed by atoms with Crippen LogP contribution in [0.15, 0.2) is 46.9 Å². The van der Waals surface area contributed by atoms with Gasteiger partial charge in [0.2, 0.25) is 0 Å². The summed E-state index contributed by atoms with van der Waals surface area (Å²) in [7, 11) is 0. The van der Waals surface area contributed by atoms with Crippen molar-refractivity contribution >= 4 is 21.7 Å². The van der Waals surface area contributed by atoms with E-state index in [0.717, 1.165) is 5.56 Å². The molecule has 0 amide bonds. The Bertz CT molecular complexity index is 706. The van der Waals surface area contributed by atoms with Gasteiger partial charge in [-0.2, -0.15) is 5.26 Å². The number of nitrogens with zero attached hydrogens (tertiary/aromatic N) is 1. The highest BCUT2D eigenvalue weighted by atomic mass is 79.9. The van der Waals surface area contributed by atoms with Crippen molar-refractivity contribution in [2.45, 2.75) is 12.8 Å². The average molecular weight is 332 g/mol. The summed E-state index contributed by atoms with van der Waals surface area (Å²) in [6.07, 6.45) is 0. The molecule has 0 radical (unpaired) electrons. The van der Waals surface area contributed by atoms with Gasteiger partial charge in [-0.05, 0) is 46.1 Å². The van der Waals surface area contributed by atoms with Crippen LogP contribution in [0.25, 0.3) is 0 Å². The number of aryl methyl sites for hydroxylation is 1. The van der Waals surface area contributed by atoms with Gasteiger partial charge in [0.25, 0.3) is 0 Å². The summed E-state index contributed by atoms with van der Waals surface area (Å²) in [6.45, 7) is 1.87. The van der Waals surface area contributed by atoms with Crippen LogP contribution in [0.5, 0.6) is 0 Å². The summed E-state index contributed by atoms with van der Waals surface area (Å²) < 4.78 is 13.9. The largest absolute Gasteiger partial charge is 0.292 e. The van der Waals surface area contributed by atoms with Crippen molar-refractivity contribution in [1.82, 2.24) is 0 Å². The molecule has 0 fully saturated rings. The first kappa shape index (κ1) is 14.4. The highest BCUT2D eigenvalue weighted by molar-refractivity contribution is 9.10. The van der Waals surface area contributed by atoms with E-state index < -0.39 is 11.7 Å². The second kappa shape index (κ2) is 5.98. The Balaban J connectivity index is 2.45. The Kier molecular flexibility index (Phi) is 4.31. The molecule has 0 spiro atoms. The smallest absolute Gasteiger partial charge is 0.185 e. The third kappa shape index (κ3) is 2.78. The standard InChI is InChI=1S/C16H11BrFNO/c1-10-4-2-7-13(15(10)17)16(20)14(9-19)11-5-3-6-12(18)8-11/h2-8,14H,1H3. The molecule has 0 heterocycles. The molecule has 0 saturated heterocycles. The van der Waals surface area contributed by atoms with E-state index in [0.29, 0.717) is 15.6 Å². The molecule has 0 aliphatic heterocycles. The lowest BCUT2D eigenvalue weighted by molar-refractivity contribution is 0.0978. The van der Waals surface area contributed by atoms with Crippen molar-refractivity contribution in [2.75, 3.05) is 0 Å². The van der Waals surface area contributed by atoms with Crippen LogP contribution in [0.2, 0.25) is 0 Å². The van der Waals surface area contributed by atoms with E-state index in [1.165, 1.54) is 18.2 Å². The molecule has 0 saturated carbocycles. The maximum Gasteiger partial charge on any atom is 0.185 e. The summed E-state index contributed by atoms with van der Waals surface area (Å²) in [6, 6.07) is 12.8. The first-order valence-corrected chi connectivity index (χ1v) is 6.78. The van der Waals surface area contributed by atoms with Gasteiger partial charge in [-0.15, -0.1) is 0 Å². The van der Waals surface area contributed by atoms with E-state index in [1.54, 1.807) is 18.2 Å². The fourth-order valence-corrected chi connectivity index (χ4v) is 2.42. The topological polar surface area (TPSA) is 40.9 Å². The Morgan fingerprint density at radius 1 is 1.30 bits per heavy atom. The van der Waals surface area contributed by atoms with Crippen LogP contribution in [-0.2, 0) is 0 Å². The van der Waals surface area contributed by atoms with Crippen molar-refractivity contribution in [1.29, 1.82) is 5.26 Å². The number of hydrogen-bond donors (Lipinski definition) is 0. The lowest BCUT2D eigenvalue weighted by atomic mass is 9.91. The van der Waals surface area contributed by atoms with E-state index >= 15 is 0 Å². The molecule has 20 heavy (non-hydrogen) atoms. The SMILES string of the molecule is Cc1cccc(C(=O)C(C#N)c2cccc(F)c2)c1Br. The van der Waals surface area contributed by atoms with E-state index in [2.05, 4.69) is 15.9 Å². The predicted molar refractivity (Wildman–Crippen MR) is 78.0 cm³/mol. The second-order valence-electron chi connectivity index (χ2n) is 4.42. The molecular weight excluding hydrogens is 321 g/mol. The minimum atomic E-state index is -1.01. The molecular formula is C16H11BrFNO. The maximum absolute atomic E-state index is 13.2. The fraction of sp³-hybridized carbons (Fsp3) is 0.125. The Labute approximate surface area is 125 Å². The van der Waals surface area contributed by atoms with Crippen LogP contribution in [-0.4, -0.2) is 5.78 Å². The van der Waals surface area contributed by atoms with Gasteiger partial charge in [-0.3, -0.25) is 4.79 Å². The monoisotopic (exact) mass is 331 g/mol. The molecule has 0 aliphatic carbocycles. The summed E-state index contributed by atoms with van der Waals surface area (Å²) in [5, 5.41) is 9.25. The van der Waals surface area contributed by atoms with Gasteiger partial charge in [0.15, 0.2) is 5.78 Å². The quantitative estimate of drug-likeness (QED) is 0.783. The number of carbonyl (C=O) groups excluding carboxylic acids is 1. The van der Waals surface area contributed by atoms with Crippen LogP contribution < -0.4 is 0 Å². The van der Waals surface area contributed by atoms with Crippen LogP contribution in [0.3, 0.4) is 0 Å². The average Bonchev–Trinajstić information content (AvgIpc) is 2.42. The molecule has 4 heteroatoms. The number of benzene rings is 2. The zero-order chi connectivity index (χ0) is 14.7. The number of rotatable bonds is 3. The first-order chi connectivity index (χ1) is 9.54. The number of ketones is 1. The van der Waals surface area contributed by atoms with Gasteiger partial charge >= 0.3 is 0 Å². The van der Waals surface area contributed by atoms with Crippen LogP contribution in [0, 0.1) is 24.1 Å². The number of Topliss-reactive ketones (excluding diaryl/α,β-unsaturated/α-hetero) is 1. The van der Waals surface area contributed by atoms with Gasteiger partial charge in [-0.25, -0.2) is 4.39 Å². The number of carbonyl (C=O) groups is 1. The summed E-state index contributed by atoms with van der Waals surface area (Å²) >= 11 is 3.36. The lowest BCUT2D eigenvalue weighted by Gasteiger charge is -2.11. The van der Waals surface area contributed by atoms with Crippen molar-refractivity contribution in [3.05, 3.63) is 69.4 Å². The highest BCUT2D eigenvalue weighted by Gasteiger charge is 2.24. The van der Waals surface area contributed by atoms with Gasteiger partial charge in [0.1, 0.15) is 11.7 Å². The van der Waals surface area contributed by atoms with Crippen LogP contribution >= 0.6 is 15.9 Å².